The van der Waals surface area contributed by atoms with Crippen LogP contribution < -0.4 is 14.8 Å². The number of nitrogens with one attached hydrogen (secondary N) is 2. The lowest BCUT2D eigenvalue weighted by atomic mass is 10.2. The molecule has 0 aliphatic rings. The Labute approximate surface area is 137 Å². The summed E-state index contributed by atoms with van der Waals surface area (Å²) in [6.45, 7) is 3.51. The minimum Gasteiger partial charge on any atom is -0.495 e. The molecule has 124 valence electrons. The summed E-state index contributed by atoms with van der Waals surface area (Å²) in [4.78, 5) is 11.3. The summed E-state index contributed by atoms with van der Waals surface area (Å²) in [5.41, 5.74) is 1.18. The first-order chi connectivity index (χ1) is 10.9. The first-order valence-electron chi connectivity index (χ1n) is 6.66. The molecule has 1 heterocycles. The first-order valence-corrected chi connectivity index (χ1v) is 8.96. The molecule has 0 radical (unpaired) electrons. The van der Waals surface area contributed by atoms with Crippen LogP contribution in [-0.4, -0.2) is 31.6 Å². The summed E-state index contributed by atoms with van der Waals surface area (Å²) in [6, 6.07) is 5.12. The second kappa shape index (κ2) is 6.92. The minimum atomic E-state index is -3.92. The summed E-state index contributed by atoms with van der Waals surface area (Å²) in [6.07, 6.45) is 0.264. The van der Waals surface area contributed by atoms with E-state index in [4.69, 9.17) is 4.74 Å². The largest absolute Gasteiger partial charge is 0.495 e. The predicted octanol–water partition coefficient (Wildman–Crippen LogP) is 2.00. The molecule has 0 saturated carbocycles. The molecule has 0 fully saturated rings. The standard InChI is InChI=1S/C13H16N4O4S2/c1-4-11(18)14-12-15-16-13(22-12)23(19,20)17-9-7-8(2)5-6-10(9)21-3/h5-7,17H,4H2,1-3H3,(H,14,15,18). The minimum absolute atomic E-state index is 0.133. The second-order valence-electron chi connectivity index (χ2n) is 4.58. The lowest BCUT2D eigenvalue weighted by molar-refractivity contribution is -0.115. The van der Waals surface area contributed by atoms with Gasteiger partial charge in [-0.1, -0.05) is 24.3 Å². The number of rotatable bonds is 6. The molecule has 23 heavy (non-hydrogen) atoms. The van der Waals surface area contributed by atoms with Crippen LogP contribution in [0.3, 0.4) is 0 Å². The number of anilines is 2. The number of methoxy groups -OCH3 is 1. The van der Waals surface area contributed by atoms with Gasteiger partial charge >= 0.3 is 0 Å². The number of hydrogen-bond donors (Lipinski definition) is 2. The Kier molecular flexibility index (Phi) is 5.16. The summed E-state index contributed by atoms with van der Waals surface area (Å²) in [5.74, 6) is 0.126. The number of sulfonamides is 1. The van der Waals surface area contributed by atoms with Crippen molar-refractivity contribution in [2.75, 3.05) is 17.1 Å². The molecule has 1 aromatic heterocycles. The van der Waals surface area contributed by atoms with E-state index in [-0.39, 0.29) is 21.8 Å². The van der Waals surface area contributed by atoms with Crippen LogP contribution in [0.1, 0.15) is 18.9 Å². The highest BCUT2D eigenvalue weighted by molar-refractivity contribution is 7.94. The third-order valence-corrected chi connectivity index (χ3v) is 5.37. The zero-order valence-electron chi connectivity index (χ0n) is 12.8. The second-order valence-corrected chi connectivity index (χ2v) is 7.42. The number of benzene rings is 1. The van der Waals surface area contributed by atoms with Crippen molar-refractivity contribution in [3.05, 3.63) is 23.8 Å². The fourth-order valence-electron chi connectivity index (χ4n) is 1.67. The molecule has 0 aliphatic heterocycles. The average molecular weight is 356 g/mol. The van der Waals surface area contributed by atoms with Crippen LogP contribution in [-0.2, 0) is 14.8 Å². The quantitative estimate of drug-likeness (QED) is 0.766. The van der Waals surface area contributed by atoms with E-state index in [1.807, 2.05) is 6.92 Å². The van der Waals surface area contributed by atoms with Crippen LogP contribution in [0, 0.1) is 6.92 Å². The third-order valence-electron chi connectivity index (χ3n) is 2.80. The number of amides is 1. The monoisotopic (exact) mass is 356 g/mol. The first kappa shape index (κ1) is 17.2. The van der Waals surface area contributed by atoms with E-state index < -0.39 is 10.0 Å². The Morgan fingerprint density at radius 2 is 2.09 bits per heavy atom. The van der Waals surface area contributed by atoms with Crippen molar-refractivity contribution < 1.29 is 17.9 Å². The molecule has 1 amide bonds. The van der Waals surface area contributed by atoms with Crippen LogP contribution in [0.2, 0.25) is 0 Å². The predicted molar refractivity (Wildman–Crippen MR) is 87.4 cm³/mol. The van der Waals surface area contributed by atoms with Crippen molar-refractivity contribution in [2.45, 2.75) is 24.6 Å². The van der Waals surface area contributed by atoms with E-state index in [0.717, 1.165) is 16.9 Å². The highest BCUT2D eigenvalue weighted by Crippen LogP contribution is 2.29. The van der Waals surface area contributed by atoms with Gasteiger partial charge in [-0.3, -0.25) is 9.52 Å². The third kappa shape index (κ3) is 4.17. The van der Waals surface area contributed by atoms with Gasteiger partial charge in [0.1, 0.15) is 5.75 Å². The van der Waals surface area contributed by atoms with Crippen molar-refractivity contribution in [2.24, 2.45) is 0 Å². The van der Waals surface area contributed by atoms with Crippen LogP contribution in [0.5, 0.6) is 5.75 Å². The number of aromatic nitrogens is 2. The van der Waals surface area contributed by atoms with Gasteiger partial charge in [-0.2, -0.15) is 8.42 Å². The highest BCUT2D eigenvalue weighted by Gasteiger charge is 2.22. The zero-order valence-corrected chi connectivity index (χ0v) is 14.4. The maximum atomic E-state index is 12.4. The molecule has 8 nitrogen and oxygen atoms in total. The van der Waals surface area contributed by atoms with Gasteiger partial charge < -0.3 is 10.1 Å². The molecule has 10 heteroatoms. The van der Waals surface area contributed by atoms with Gasteiger partial charge in [0.2, 0.25) is 11.0 Å². The fourth-order valence-corrected chi connectivity index (χ4v) is 3.65. The smallest absolute Gasteiger partial charge is 0.291 e. The van der Waals surface area contributed by atoms with Crippen LogP contribution in [0.25, 0.3) is 0 Å². The summed E-state index contributed by atoms with van der Waals surface area (Å²) >= 11 is 0.775. The van der Waals surface area contributed by atoms with Gasteiger partial charge in [0.25, 0.3) is 14.4 Å². The summed E-state index contributed by atoms with van der Waals surface area (Å²) < 4.78 is 32.1. The Morgan fingerprint density at radius 1 is 1.35 bits per heavy atom. The lowest BCUT2D eigenvalue weighted by Gasteiger charge is -2.10. The molecular weight excluding hydrogens is 340 g/mol. The molecule has 0 aliphatic carbocycles. The van der Waals surface area contributed by atoms with Crippen LogP contribution in [0.4, 0.5) is 10.8 Å². The SMILES string of the molecule is CCC(=O)Nc1nnc(S(=O)(=O)Nc2cc(C)ccc2OC)s1. The van der Waals surface area contributed by atoms with Crippen molar-refractivity contribution in [3.8, 4) is 5.75 Å². The summed E-state index contributed by atoms with van der Waals surface area (Å²) in [7, 11) is -2.47. The van der Waals surface area contributed by atoms with Crippen LogP contribution in [0.15, 0.2) is 22.5 Å². The number of carbonyl (C=O) groups is 1. The molecule has 0 bridgehead atoms. The van der Waals surface area contributed by atoms with Gasteiger partial charge in [0.05, 0.1) is 12.8 Å². The van der Waals surface area contributed by atoms with Crippen molar-refractivity contribution >= 4 is 38.1 Å². The number of ether oxygens (including phenoxy) is 1. The van der Waals surface area contributed by atoms with E-state index >= 15 is 0 Å². The van der Waals surface area contributed by atoms with E-state index in [2.05, 4.69) is 20.2 Å². The Morgan fingerprint density at radius 3 is 2.74 bits per heavy atom. The van der Waals surface area contributed by atoms with Gasteiger partial charge in [-0.25, -0.2) is 0 Å². The van der Waals surface area contributed by atoms with Crippen LogP contribution >= 0.6 is 11.3 Å². The molecule has 0 unspecified atom stereocenters. The maximum absolute atomic E-state index is 12.4. The normalized spacial score (nSPS) is 11.1. The molecule has 0 spiro atoms. The number of nitrogens with zero attached hydrogens (tertiary/aromatic N) is 2. The van der Waals surface area contributed by atoms with Crippen molar-refractivity contribution in [1.29, 1.82) is 0 Å². The van der Waals surface area contributed by atoms with Gasteiger partial charge in [-0.15, -0.1) is 10.2 Å². The molecule has 2 aromatic rings. The maximum Gasteiger partial charge on any atom is 0.291 e. The van der Waals surface area contributed by atoms with Gasteiger partial charge in [-0.05, 0) is 24.6 Å². The Hall–Kier alpha value is -2.20. The number of hydrogen-bond acceptors (Lipinski definition) is 7. The zero-order chi connectivity index (χ0) is 17.0. The van der Waals surface area contributed by atoms with E-state index in [1.54, 1.807) is 25.1 Å². The fraction of sp³-hybridized carbons (Fsp3) is 0.308. The average Bonchev–Trinajstić information content (AvgIpc) is 2.96. The molecule has 1 aromatic carbocycles. The topological polar surface area (TPSA) is 110 Å². The molecule has 2 N–H and O–H groups in total. The Balaban J connectivity index is 2.26. The summed E-state index contributed by atoms with van der Waals surface area (Å²) in [5, 5.41) is 9.87. The van der Waals surface area contributed by atoms with Gasteiger partial charge in [0.15, 0.2) is 0 Å². The van der Waals surface area contributed by atoms with E-state index in [0.29, 0.717) is 11.4 Å². The molecule has 2 rings (SSSR count). The van der Waals surface area contributed by atoms with E-state index in [1.165, 1.54) is 7.11 Å². The molecular formula is C13H16N4O4S2. The van der Waals surface area contributed by atoms with Crippen molar-refractivity contribution in [1.82, 2.24) is 10.2 Å². The van der Waals surface area contributed by atoms with Crippen molar-refractivity contribution in [3.63, 3.8) is 0 Å². The molecule has 0 atom stereocenters. The highest BCUT2D eigenvalue weighted by atomic mass is 32.2. The number of carbonyl (C=O) groups excluding carboxylic acids is 1. The molecule has 0 saturated heterocycles. The lowest BCUT2D eigenvalue weighted by Crippen LogP contribution is -2.13. The van der Waals surface area contributed by atoms with E-state index in [9.17, 15) is 13.2 Å². The Bertz CT molecular complexity index is 817. The van der Waals surface area contributed by atoms with Gasteiger partial charge in [0, 0.05) is 6.42 Å². The number of aryl methyl sites for hydroxylation is 1.